The van der Waals surface area contributed by atoms with Crippen molar-refractivity contribution < 1.29 is 14.3 Å². The van der Waals surface area contributed by atoms with Gasteiger partial charge in [0.05, 0.1) is 30.0 Å². The molecule has 0 saturated heterocycles. The number of rotatable bonds is 3. The number of nitrogens with zero attached hydrogens (tertiary/aromatic N) is 2. The third kappa shape index (κ3) is 1.97. The molecule has 20 heavy (non-hydrogen) atoms. The SMILES string of the molecule is O=C(O)c1ccoc1Cn1cnc2ccccc2c1=O. The molecule has 1 N–H and O–H groups in total. The van der Waals surface area contributed by atoms with Gasteiger partial charge in [-0.25, -0.2) is 9.78 Å². The molecule has 6 nitrogen and oxygen atoms in total. The molecule has 0 atom stereocenters. The van der Waals surface area contributed by atoms with Crippen molar-refractivity contribution >= 4 is 16.9 Å². The second kappa shape index (κ2) is 4.65. The van der Waals surface area contributed by atoms with Crippen LogP contribution in [0.4, 0.5) is 0 Å². The van der Waals surface area contributed by atoms with Crippen molar-refractivity contribution in [2.24, 2.45) is 0 Å². The second-order valence-corrected chi connectivity index (χ2v) is 4.26. The monoisotopic (exact) mass is 270 g/mol. The third-order valence-electron chi connectivity index (χ3n) is 3.02. The number of benzene rings is 1. The molecular formula is C14H10N2O4. The minimum atomic E-state index is -1.09. The van der Waals surface area contributed by atoms with E-state index in [0.29, 0.717) is 10.9 Å². The van der Waals surface area contributed by atoms with E-state index in [4.69, 9.17) is 9.52 Å². The van der Waals surface area contributed by atoms with Crippen molar-refractivity contribution in [2.75, 3.05) is 0 Å². The highest BCUT2D eigenvalue weighted by molar-refractivity contribution is 5.88. The standard InChI is InChI=1S/C14H10N2O4/c17-13-9-3-1-2-4-11(9)15-8-16(13)7-12-10(14(18)19)5-6-20-12/h1-6,8H,7H2,(H,18,19). The molecule has 0 radical (unpaired) electrons. The first-order valence-electron chi connectivity index (χ1n) is 5.90. The quantitative estimate of drug-likeness (QED) is 0.783. The summed E-state index contributed by atoms with van der Waals surface area (Å²) in [5.41, 5.74) is 0.417. The Morgan fingerprint density at radius 2 is 2.10 bits per heavy atom. The summed E-state index contributed by atoms with van der Waals surface area (Å²) >= 11 is 0. The molecule has 2 heterocycles. The Labute approximate surface area is 112 Å². The van der Waals surface area contributed by atoms with E-state index in [-0.39, 0.29) is 23.4 Å². The van der Waals surface area contributed by atoms with Crippen molar-refractivity contribution in [3.05, 3.63) is 64.6 Å². The molecule has 3 aromatic rings. The lowest BCUT2D eigenvalue weighted by atomic mass is 10.2. The van der Waals surface area contributed by atoms with Crippen molar-refractivity contribution in [1.82, 2.24) is 9.55 Å². The minimum absolute atomic E-state index is 0.0330. The minimum Gasteiger partial charge on any atom is -0.478 e. The van der Waals surface area contributed by atoms with E-state index < -0.39 is 5.97 Å². The first-order valence-corrected chi connectivity index (χ1v) is 5.90. The molecular weight excluding hydrogens is 260 g/mol. The van der Waals surface area contributed by atoms with Crippen molar-refractivity contribution in [3.8, 4) is 0 Å². The molecule has 100 valence electrons. The molecule has 1 aromatic carbocycles. The zero-order chi connectivity index (χ0) is 14.1. The highest BCUT2D eigenvalue weighted by Gasteiger charge is 2.14. The Bertz CT molecular complexity index is 848. The van der Waals surface area contributed by atoms with E-state index in [2.05, 4.69) is 4.98 Å². The molecule has 6 heteroatoms. The van der Waals surface area contributed by atoms with Gasteiger partial charge in [-0.1, -0.05) is 12.1 Å². The molecule has 0 aliphatic carbocycles. The number of furan rings is 1. The van der Waals surface area contributed by atoms with Crippen LogP contribution in [0.1, 0.15) is 16.1 Å². The van der Waals surface area contributed by atoms with Gasteiger partial charge in [0.25, 0.3) is 5.56 Å². The summed E-state index contributed by atoms with van der Waals surface area (Å²) in [6, 6.07) is 8.34. The maximum atomic E-state index is 12.3. The molecule has 0 saturated carbocycles. The van der Waals surface area contributed by atoms with Gasteiger partial charge >= 0.3 is 5.97 Å². The Hall–Kier alpha value is -2.89. The average Bonchev–Trinajstić information content (AvgIpc) is 2.91. The molecule has 0 aliphatic rings. The summed E-state index contributed by atoms with van der Waals surface area (Å²) in [6.45, 7) is 0.0330. The molecule has 0 spiro atoms. The third-order valence-corrected chi connectivity index (χ3v) is 3.02. The first kappa shape index (κ1) is 12.2. The van der Waals surface area contributed by atoms with Gasteiger partial charge in [-0.05, 0) is 18.2 Å². The number of hydrogen-bond donors (Lipinski definition) is 1. The van der Waals surface area contributed by atoms with Crippen molar-refractivity contribution in [3.63, 3.8) is 0 Å². The van der Waals surface area contributed by atoms with Gasteiger partial charge in [-0.2, -0.15) is 0 Å². The van der Waals surface area contributed by atoms with Crippen LogP contribution in [0, 0.1) is 0 Å². The Kier molecular flexibility index (Phi) is 2.83. The van der Waals surface area contributed by atoms with Gasteiger partial charge in [0, 0.05) is 0 Å². The fourth-order valence-corrected chi connectivity index (χ4v) is 2.03. The van der Waals surface area contributed by atoms with Crippen LogP contribution in [0.2, 0.25) is 0 Å². The van der Waals surface area contributed by atoms with E-state index >= 15 is 0 Å². The highest BCUT2D eigenvalue weighted by Crippen LogP contribution is 2.12. The van der Waals surface area contributed by atoms with Gasteiger partial charge in [0.15, 0.2) is 0 Å². The van der Waals surface area contributed by atoms with Gasteiger partial charge in [0.1, 0.15) is 11.3 Å². The van der Waals surface area contributed by atoms with E-state index in [1.165, 1.54) is 23.2 Å². The van der Waals surface area contributed by atoms with E-state index in [1.54, 1.807) is 24.3 Å². The van der Waals surface area contributed by atoms with Gasteiger partial charge < -0.3 is 9.52 Å². The smallest absolute Gasteiger partial charge is 0.339 e. The van der Waals surface area contributed by atoms with Gasteiger partial charge in [-0.15, -0.1) is 0 Å². The molecule has 0 bridgehead atoms. The Morgan fingerprint density at radius 1 is 1.30 bits per heavy atom. The topological polar surface area (TPSA) is 85.3 Å². The lowest BCUT2D eigenvalue weighted by Crippen LogP contribution is -2.21. The van der Waals surface area contributed by atoms with Crippen LogP contribution in [-0.4, -0.2) is 20.6 Å². The number of carbonyl (C=O) groups is 1. The molecule has 0 unspecified atom stereocenters. The zero-order valence-electron chi connectivity index (χ0n) is 10.3. The molecule has 3 rings (SSSR count). The number of carboxylic acids is 1. The highest BCUT2D eigenvalue weighted by atomic mass is 16.4. The average molecular weight is 270 g/mol. The number of aromatic nitrogens is 2. The predicted octanol–water partition coefficient (Wildman–Crippen LogP) is 1.74. The number of carboxylic acid groups (broad SMARTS) is 1. The second-order valence-electron chi connectivity index (χ2n) is 4.26. The number of fused-ring (bicyclic) bond motifs is 1. The maximum Gasteiger partial charge on any atom is 0.339 e. The summed E-state index contributed by atoms with van der Waals surface area (Å²) in [4.78, 5) is 27.4. The van der Waals surface area contributed by atoms with Crippen molar-refractivity contribution in [1.29, 1.82) is 0 Å². The first-order chi connectivity index (χ1) is 9.66. The fourth-order valence-electron chi connectivity index (χ4n) is 2.03. The van der Waals surface area contributed by atoms with Crippen LogP contribution in [0.25, 0.3) is 10.9 Å². The maximum absolute atomic E-state index is 12.3. The number of aromatic carboxylic acids is 1. The van der Waals surface area contributed by atoms with E-state index in [0.717, 1.165) is 0 Å². The summed E-state index contributed by atoms with van der Waals surface area (Å²) < 4.78 is 6.46. The number of para-hydroxylation sites is 1. The predicted molar refractivity (Wildman–Crippen MR) is 70.8 cm³/mol. The van der Waals surface area contributed by atoms with Gasteiger partial charge in [-0.3, -0.25) is 9.36 Å². The van der Waals surface area contributed by atoms with Crippen LogP contribution >= 0.6 is 0 Å². The van der Waals surface area contributed by atoms with Crippen LogP contribution in [0.15, 0.2) is 52.1 Å². The lowest BCUT2D eigenvalue weighted by Gasteiger charge is -2.05. The molecule has 2 aromatic heterocycles. The van der Waals surface area contributed by atoms with Gasteiger partial charge in [0.2, 0.25) is 0 Å². The van der Waals surface area contributed by atoms with Crippen LogP contribution in [-0.2, 0) is 6.54 Å². The van der Waals surface area contributed by atoms with Crippen molar-refractivity contribution in [2.45, 2.75) is 6.54 Å². The fraction of sp³-hybridized carbons (Fsp3) is 0.0714. The Morgan fingerprint density at radius 3 is 2.90 bits per heavy atom. The Balaban J connectivity index is 2.07. The normalized spacial score (nSPS) is 10.8. The van der Waals surface area contributed by atoms with E-state index in [9.17, 15) is 9.59 Å². The molecule has 0 fully saturated rings. The summed E-state index contributed by atoms with van der Waals surface area (Å²) in [6.07, 6.45) is 2.68. The molecule has 0 aliphatic heterocycles. The summed E-state index contributed by atoms with van der Waals surface area (Å²) in [7, 11) is 0. The summed E-state index contributed by atoms with van der Waals surface area (Å²) in [5.74, 6) is -0.868. The zero-order valence-corrected chi connectivity index (χ0v) is 10.3. The summed E-state index contributed by atoms with van der Waals surface area (Å²) in [5, 5.41) is 9.50. The largest absolute Gasteiger partial charge is 0.478 e. The van der Waals surface area contributed by atoms with E-state index in [1.807, 2.05) is 0 Å². The lowest BCUT2D eigenvalue weighted by molar-refractivity contribution is 0.0694. The number of hydrogen-bond acceptors (Lipinski definition) is 4. The van der Waals surface area contributed by atoms with Crippen LogP contribution < -0.4 is 5.56 Å². The van der Waals surface area contributed by atoms with Crippen LogP contribution in [0.3, 0.4) is 0 Å². The molecule has 0 amide bonds. The van der Waals surface area contributed by atoms with Crippen LogP contribution in [0.5, 0.6) is 0 Å².